The maximum absolute atomic E-state index is 6.54. The Hall–Kier alpha value is -3.60. The van der Waals surface area contributed by atoms with Crippen molar-refractivity contribution in [2.24, 2.45) is 0 Å². The lowest BCUT2D eigenvalue weighted by Crippen LogP contribution is -2.33. The molecule has 1 aliphatic heterocycles. The molecule has 2 aromatic carbocycles. The number of hydrogen-bond acceptors (Lipinski definition) is 4. The second-order valence-corrected chi connectivity index (χ2v) is 8.64. The van der Waals surface area contributed by atoms with Crippen LogP contribution < -0.4 is 10.6 Å². The van der Waals surface area contributed by atoms with Crippen molar-refractivity contribution in [1.82, 2.24) is 14.8 Å². The molecule has 0 bridgehead atoms. The van der Waals surface area contributed by atoms with Crippen molar-refractivity contribution in [3.05, 3.63) is 108 Å². The summed E-state index contributed by atoms with van der Waals surface area (Å²) in [7, 11) is 0. The Balaban J connectivity index is 1.40. The molecule has 0 unspecified atom stereocenters. The lowest BCUT2D eigenvalue weighted by molar-refractivity contribution is 0.484. The van der Waals surface area contributed by atoms with Gasteiger partial charge in [-0.25, -0.2) is 4.68 Å². The minimum Gasteiger partial charge on any atom is -0.384 e. The molecule has 5 heteroatoms. The van der Waals surface area contributed by atoms with Crippen molar-refractivity contribution in [3.63, 3.8) is 0 Å². The van der Waals surface area contributed by atoms with Gasteiger partial charge in [0.05, 0.1) is 17.6 Å². The maximum atomic E-state index is 6.54. The van der Waals surface area contributed by atoms with Crippen molar-refractivity contribution in [2.45, 2.75) is 31.7 Å². The van der Waals surface area contributed by atoms with E-state index in [-0.39, 0.29) is 6.04 Å². The number of nitrogens with zero attached hydrogens (tertiary/aromatic N) is 4. The Kier molecular flexibility index (Phi) is 5.63. The van der Waals surface area contributed by atoms with Crippen LogP contribution in [0.1, 0.15) is 47.2 Å². The number of piperidine rings is 1. The summed E-state index contributed by atoms with van der Waals surface area (Å²) in [6.07, 6.45) is 5.99. The first kappa shape index (κ1) is 20.3. The Morgan fingerprint density at radius 3 is 2.09 bits per heavy atom. The normalized spacial score (nSPS) is 14.8. The quantitative estimate of drug-likeness (QED) is 0.480. The molecule has 1 saturated heterocycles. The summed E-state index contributed by atoms with van der Waals surface area (Å²) >= 11 is 0. The molecule has 5 nitrogen and oxygen atoms in total. The first-order valence-corrected chi connectivity index (χ1v) is 11.3. The van der Waals surface area contributed by atoms with Gasteiger partial charge in [0.1, 0.15) is 11.9 Å². The van der Waals surface area contributed by atoms with E-state index in [9.17, 15) is 0 Å². The first-order valence-electron chi connectivity index (χ1n) is 11.3. The Labute approximate surface area is 189 Å². The maximum Gasteiger partial charge on any atom is 0.123 e. The smallest absolute Gasteiger partial charge is 0.123 e. The van der Waals surface area contributed by atoms with Crippen LogP contribution in [0.25, 0.3) is 0 Å². The summed E-state index contributed by atoms with van der Waals surface area (Å²) in [5.74, 6) is 1.13. The van der Waals surface area contributed by atoms with Crippen LogP contribution in [0.5, 0.6) is 0 Å². The highest BCUT2D eigenvalue weighted by Gasteiger charge is 2.26. The molecule has 0 amide bonds. The molecule has 0 atom stereocenters. The Morgan fingerprint density at radius 2 is 1.50 bits per heavy atom. The number of pyridine rings is 1. The predicted molar refractivity (Wildman–Crippen MR) is 130 cm³/mol. The Bertz CT molecular complexity index is 1120. The molecule has 3 heterocycles. The molecule has 1 fully saturated rings. The molecule has 0 radical (unpaired) electrons. The van der Waals surface area contributed by atoms with Crippen LogP contribution >= 0.6 is 0 Å². The zero-order valence-electron chi connectivity index (χ0n) is 18.4. The van der Waals surface area contributed by atoms with Gasteiger partial charge in [-0.3, -0.25) is 4.98 Å². The summed E-state index contributed by atoms with van der Waals surface area (Å²) < 4.78 is 2.00. The third kappa shape index (κ3) is 4.11. The first-order chi connectivity index (χ1) is 15.7. The minimum absolute atomic E-state index is 0.0374. The number of anilines is 2. The van der Waals surface area contributed by atoms with Gasteiger partial charge in [0.15, 0.2) is 0 Å². The number of hydrogen-bond donors (Lipinski definition) is 1. The van der Waals surface area contributed by atoms with Gasteiger partial charge in [0.2, 0.25) is 0 Å². The van der Waals surface area contributed by atoms with E-state index in [1.165, 1.54) is 22.4 Å². The zero-order valence-corrected chi connectivity index (χ0v) is 18.4. The van der Waals surface area contributed by atoms with Crippen LogP contribution in [0.3, 0.4) is 0 Å². The summed E-state index contributed by atoms with van der Waals surface area (Å²) in [5.41, 5.74) is 12.4. The van der Waals surface area contributed by atoms with Crippen molar-refractivity contribution < 1.29 is 0 Å². The lowest BCUT2D eigenvalue weighted by Gasteiger charge is -2.33. The number of rotatable bonds is 5. The molecule has 4 aromatic rings. The van der Waals surface area contributed by atoms with Gasteiger partial charge in [-0.05, 0) is 42.5 Å². The predicted octanol–water partition coefficient (Wildman–Crippen LogP) is 5.19. The van der Waals surface area contributed by atoms with Gasteiger partial charge in [-0.15, -0.1) is 0 Å². The molecule has 0 spiro atoms. The fourth-order valence-corrected chi connectivity index (χ4v) is 4.73. The van der Waals surface area contributed by atoms with Gasteiger partial charge < -0.3 is 10.6 Å². The van der Waals surface area contributed by atoms with Crippen LogP contribution in [-0.2, 0) is 0 Å². The van der Waals surface area contributed by atoms with E-state index in [1.54, 1.807) is 0 Å². The highest BCUT2D eigenvalue weighted by atomic mass is 15.3. The summed E-state index contributed by atoms with van der Waals surface area (Å²) in [6, 6.07) is 25.2. The number of nitrogens with two attached hydrogens (primary N) is 1. The van der Waals surface area contributed by atoms with E-state index in [1.807, 2.05) is 29.2 Å². The SMILES string of the molecule is Cc1cncc(N2CCC(c3cc(N)n(C(c4ccccc4)c4ccccc4)n3)CC2)c1. The van der Waals surface area contributed by atoms with Crippen LogP contribution in [0.4, 0.5) is 11.5 Å². The summed E-state index contributed by atoms with van der Waals surface area (Å²) in [4.78, 5) is 6.78. The monoisotopic (exact) mass is 423 g/mol. The van der Waals surface area contributed by atoms with Gasteiger partial charge >= 0.3 is 0 Å². The molecule has 0 aliphatic carbocycles. The van der Waals surface area contributed by atoms with Crippen molar-refractivity contribution in [3.8, 4) is 0 Å². The molecule has 1 aliphatic rings. The summed E-state index contributed by atoms with van der Waals surface area (Å²) in [5, 5.41) is 5.06. The highest BCUT2D eigenvalue weighted by Crippen LogP contribution is 2.34. The van der Waals surface area contributed by atoms with Crippen LogP contribution in [0.15, 0.2) is 85.2 Å². The molecule has 5 rings (SSSR count). The lowest BCUT2D eigenvalue weighted by atomic mass is 9.93. The second-order valence-electron chi connectivity index (χ2n) is 8.64. The van der Waals surface area contributed by atoms with E-state index in [4.69, 9.17) is 10.8 Å². The molecular weight excluding hydrogens is 394 g/mol. The Morgan fingerprint density at radius 1 is 0.875 bits per heavy atom. The number of benzene rings is 2. The number of nitrogen functional groups attached to an aromatic ring is 1. The fraction of sp³-hybridized carbons (Fsp3) is 0.259. The van der Waals surface area contributed by atoms with Gasteiger partial charge in [0.25, 0.3) is 0 Å². The molecular formula is C27H29N5. The molecule has 32 heavy (non-hydrogen) atoms. The topological polar surface area (TPSA) is 60.0 Å². The van der Waals surface area contributed by atoms with Crippen LogP contribution in [0.2, 0.25) is 0 Å². The average molecular weight is 424 g/mol. The van der Waals surface area contributed by atoms with E-state index in [2.05, 4.69) is 77.5 Å². The van der Waals surface area contributed by atoms with Crippen molar-refractivity contribution >= 4 is 11.5 Å². The van der Waals surface area contributed by atoms with Crippen LogP contribution in [0, 0.1) is 6.92 Å². The third-order valence-electron chi connectivity index (χ3n) is 6.40. The summed E-state index contributed by atoms with van der Waals surface area (Å²) in [6.45, 7) is 4.10. The van der Waals surface area contributed by atoms with Gasteiger partial charge in [-0.1, -0.05) is 60.7 Å². The number of aromatic nitrogens is 3. The number of aryl methyl sites for hydroxylation is 1. The molecule has 2 N–H and O–H groups in total. The minimum atomic E-state index is -0.0374. The van der Waals surface area contributed by atoms with Crippen molar-refractivity contribution in [1.29, 1.82) is 0 Å². The van der Waals surface area contributed by atoms with Gasteiger partial charge in [0, 0.05) is 31.3 Å². The standard InChI is InChI=1S/C27H29N5/c1-20-16-24(19-29-18-20)31-14-12-21(13-15-31)25-17-26(28)32(30-25)27(22-8-4-2-5-9-22)23-10-6-3-7-11-23/h2-11,16-19,21,27H,12-15,28H2,1H3. The average Bonchev–Trinajstić information content (AvgIpc) is 3.22. The fourth-order valence-electron chi connectivity index (χ4n) is 4.73. The third-order valence-corrected chi connectivity index (χ3v) is 6.40. The van der Waals surface area contributed by atoms with E-state index < -0.39 is 0 Å². The largest absolute Gasteiger partial charge is 0.384 e. The van der Waals surface area contributed by atoms with E-state index in [0.717, 1.165) is 31.6 Å². The molecule has 2 aromatic heterocycles. The van der Waals surface area contributed by atoms with E-state index >= 15 is 0 Å². The second kappa shape index (κ2) is 8.87. The van der Waals surface area contributed by atoms with E-state index in [0.29, 0.717) is 11.7 Å². The zero-order chi connectivity index (χ0) is 21.9. The molecule has 0 saturated carbocycles. The molecule has 162 valence electrons. The highest BCUT2D eigenvalue weighted by molar-refractivity contribution is 5.47. The van der Waals surface area contributed by atoms with Gasteiger partial charge in [-0.2, -0.15) is 5.10 Å². The van der Waals surface area contributed by atoms with Crippen molar-refractivity contribution in [2.75, 3.05) is 23.7 Å². The van der Waals surface area contributed by atoms with Crippen LogP contribution in [-0.4, -0.2) is 27.9 Å².